The number of nitrogens with one attached hydrogen (secondary N) is 2. The lowest BCUT2D eigenvalue weighted by Crippen LogP contribution is -2.48. The van der Waals surface area contributed by atoms with E-state index in [2.05, 4.69) is 38.7 Å². The van der Waals surface area contributed by atoms with E-state index in [0.717, 1.165) is 17.3 Å². The second-order valence-corrected chi connectivity index (χ2v) is 10.0. The van der Waals surface area contributed by atoms with Crippen molar-refractivity contribution >= 4 is 37.5 Å². The van der Waals surface area contributed by atoms with Gasteiger partial charge in [-0.1, -0.05) is 28.1 Å². The van der Waals surface area contributed by atoms with E-state index in [9.17, 15) is 13.2 Å². The number of anilines is 1. The van der Waals surface area contributed by atoms with Crippen LogP contribution in [0.4, 0.5) is 5.69 Å². The molecule has 0 aromatic heterocycles. The van der Waals surface area contributed by atoms with E-state index in [1.165, 1.54) is 29.8 Å². The number of benzene rings is 2. The Morgan fingerprint density at radius 1 is 1.13 bits per heavy atom. The smallest absolute Gasteiger partial charge is 0.241 e. The summed E-state index contributed by atoms with van der Waals surface area (Å²) >= 11 is 3.48. The van der Waals surface area contributed by atoms with Gasteiger partial charge in [-0.05, 0) is 61.7 Å². The van der Waals surface area contributed by atoms with E-state index in [1.54, 1.807) is 0 Å². The van der Waals surface area contributed by atoms with Crippen LogP contribution in [0.1, 0.15) is 25.3 Å². The van der Waals surface area contributed by atoms with Crippen LogP contribution in [0.25, 0.3) is 0 Å². The fourth-order valence-corrected chi connectivity index (χ4v) is 4.33. The predicted octanol–water partition coefficient (Wildman–Crippen LogP) is 2.76. The molecule has 1 amide bonds. The van der Waals surface area contributed by atoms with Gasteiger partial charge in [0, 0.05) is 35.3 Å². The number of hydrogen-bond acceptors (Lipinski definition) is 5. The van der Waals surface area contributed by atoms with Gasteiger partial charge in [0.05, 0.1) is 10.9 Å². The molecule has 0 aliphatic carbocycles. The van der Waals surface area contributed by atoms with Crippen LogP contribution < -0.4 is 15.8 Å². The standard InChI is InChI=1S/C21H26BrN3O4S/c1-15(20(26)25-18-6-8-19(9-7-18)30(23,27)28)24-14-21(10-12-29-13-11-21)16-2-4-17(22)5-3-16/h2-9,15,24H,10-14H2,1H3,(H,25,26)(H2,23,27,28). The molecule has 1 aliphatic heterocycles. The van der Waals surface area contributed by atoms with E-state index in [0.29, 0.717) is 25.4 Å². The predicted molar refractivity (Wildman–Crippen MR) is 120 cm³/mol. The fraction of sp³-hybridized carbons (Fsp3) is 0.381. The number of amides is 1. The summed E-state index contributed by atoms with van der Waals surface area (Å²) in [5.41, 5.74) is 1.65. The van der Waals surface area contributed by atoms with Gasteiger partial charge >= 0.3 is 0 Å². The molecule has 1 heterocycles. The highest BCUT2D eigenvalue weighted by molar-refractivity contribution is 9.10. The first-order valence-electron chi connectivity index (χ1n) is 9.71. The van der Waals surface area contributed by atoms with Crippen LogP contribution in [0.2, 0.25) is 0 Å². The molecule has 0 saturated carbocycles. The third-order valence-corrected chi connectivity index (χ3v) is 6.95. The minimum atomic E-state index is -3.76. The lowest BCUT2D eigenvalue weighted by atomic mass is 9.74. The Bertz CT molecular complexity index is 972. The van der Waals surface area contributed by atoms with Gasteiger partial charge in [0.25, 0.3) is 0 Å². The van der Waals surface area contributed by atoms with Gasteiger partial charge in [-0.15, -0.1) is 0 Å². The van der Waals surface area contributed by atoms with Gasteiger partial charge in [0.2, 0.25) is 15.9 Å². The zero-order valence-electron chi connectivity index (χ0n) is 16.7. The number of primary sulfonamides is 1. The molecule has 0 spiro atoms. The SMILES string of the molecule is CC(NCC1(c2ccc(Br)cc2)CCOCC1)C(=O)Nc1ccc(S(N)(=O)=O)cc1. The molecule has 0 radical (unpaired) electrons. The number of rotatable bonds is 7. The maximum Gasteiger partial charge on any atom is 0.241 e. The largest absolute Gasteiger partial charge is 0.381 e. The summed E-state index contributed by atoms with van der Waals surface area (Å²) in [6, 6.07) is 13.7. The molecule has 0 bridgehead atoms. The highest BCUT2D eigenvalue weighted by Gasteiger charge is 2.35. The number of carbonyl (C=O) groups excluding carboxylic acids is 1. The average Bonchev–Trinajstić information content (AvgIpc) is 2.73. The second kappa shape index (κ2) is 9.57. The lowest BCUT2D eigenvalue weighted by Gasteiger charge is -2.38. The van der Waals surface area contributed by atoms with Crippen molar-refractivity contribution in [2.24, 2.45) is 5.14 Å². The minimum absolute atomic E-state index is 0.00243. The molecule has 1 fully saturated rings. The van der Waals surface area contributed by atoms with Gasteiger partial charge in [0.1, 0.15) is 0 Å². The van der Waals surface area contributed by atoms with Crippen LogP contribution in [-0.2, 0) is 25.0 Å². The van der Waals surface area contributed by atoms with Gasteiger partial charge in [-0.3, -0.25) is 4.79 Å². The quantitative estimate of drug-likeness (QED) is 0.546. The zero-order chi connectivity index (χ0) is 21.8. The van der Waals surface area contributed by atoms with Crippen molar-refractivity contribution in [3.63, 3.8) is 0 Å². The fourth-order valence-electron chi connectivity index (χ4n) is 3.55. The molecule has 9 heteroatoms. The first kappa shape index (κ1) is 22.9. The van der Waals surface area contributed by atoms with Crippen molar-refractivity contribution < 1.29 is 17.9 Å². The number of carbonyl (C=O) groups is 1. The maximum atomic E-state index is 12.6. The van der Waals surface area contributed by atoms with Gasteiger partial charge in [0.15, 0.2) is 0 Å². The first-order chi connectivity index (χ1) is 14.2. The molecule has 1 aliphatic rings. The molecule has 7 nitrogen and oxygen atoms in total. The van der Waals surface area contributed by atoms with Crippen molar-refractivity contribution in [3.05, 3.63) is 58.6 Å². The van der Waals surface area contributed by atoms with Crippen molar-refractivity contribution in [2.75, 3.05) is 25.1 Å². The van der Waals surface area contributed by atoms with Crippen molar-refractivity contribution in [1.82, 2.24) is 5.32 Å². The first-order valence-corrected chi connectivity index (χ1v) is 12.0. The highest BCUT2D eigenvalue weighted by atomic mass is 79.9. The molecular formula is C21H26BrN3O4S. The topological polar surface area (TPSA) is 111 Å². The molecule has 2 aromatic rings. The summed E-state index contributed by atoms with van der Waals surface area (Å²) in [6.45, 7) is 3.84. The van der Waals surface area contributed by atoms with Crippen molar-refractivity contribution in [2.45, 2.75) is 36.1 Å². The maximum absolute atomic E-state index is 12.6. The zero-order valence-corrected chi connectivity index (χ0v) is 19.1. The Balaban J connectivity index is 1.64. The summed E-state index contributed by atoms with van der Waals surface area (Å²) in [5.74, 6) is -0.198. The molecule has 1 atom stereocenters. The Hall–Kier alpha value is -1.78. The average molecular weight is 496 g/mol. The summed E-state index contributed by atoms with van der Waals surface area (Å²) in [7, 11) is -3.76. The van der Waals surface area contributed by atoms with E-state index < -0.39 is 16.1 Å². The molecule has 30 heavy (non-hydrogen) atoms. The molecule has 4 N–H and O–H groups in total. The molecule has 1 unspecified atom stereocenters. The van der Waals surface area contributed by atoms with E-state index in [4.69, 9.17) is 9.88 Å². The number of ether oxygens (including phenoxy) is 1. The summed E-state index contributed by atoms with van der Waals surface area (Å²) in [5, 5.41) is 11.3. The van der Waals surface area contributed by atoms with Crippen molar-refractivity contribution in [3.8, 4) is 0 Å². The lowest BCUT2D eigenvalue weighted by molar-refractivity contribution is -0.117. The van der Waals surface area contributed by atoms with Crippen LogP contribution in [0.15, 0.2) is 57.9 Å². The Morgan fingerprint density at radius 3 is 2.30 bits per heavy atom. The number of hydrogen-bond donors (Lipinski definition) is 3. The van der Waals surface area contributed by atoms with Crippen LogP contribution in [0.3, 0.4) is 0 Å². The molecule has 1 saturated heterocycles. The van der Waals surface area contributed by atoms with Gasteiger partial charge in [-0.2, -0.15) is 0 Å². The summed E-state index contributed by atoms with van der Waals surface area (Å²) in [6.07, 6.45) is 1.76. The number of sulfonamides is 1. The van der Waals surface area contributed by atoms with Crippen LogP contribution in [0.5, 0.6) is 0 Å². The molecule has 3 rings (SSSR count). The summed E-state index contributed by atoms with van der Waals surface area (Å²) in [4.78, 5) is 12.6. The monoisotopic (exact) mass is 495 g/mol. The Labute approximate surface area is 185 Å². The van der Waals surface area contributed by atoms with Crippen molar-refractivity contribution in [1.29, 1.82) is 0 Å². The normalized spacial score (nSPS) is 17.3. The molecular weight excluding hydrogens is 470 g/mol. The van der Waals surface area contributed by atoms with E-state index in [1.807, 2.05) is 19.1 Å². The van der Waals surface area contributed by atoms with E-state index in [-0.39, 0.29) is 16.2 Å². The van der Waals surface area contributed by atoms with Crippen LogP contribution in [0, 0.1) is 0 Å². The molecule has 2 aromatic carbocycles. The van der Waals surface area contributed by atoms with Gasteiger partial charge in [-0.25, -0.2) is 13.6 Å². The Morgan fingerprint density at radius 2 is 1.73 bits per heavy atom. The third-order valence-electron chi connectivity index (χ3n) is 5.50. The number of nitrogens with two attached hydrogens (primary N) is 1. The summed E-state index contributed by atoms with van der Waals surface area (Å²) < 4.78 is 29.3. The van der Waals surface area contributed by atoms with Crippen LogP contribution in [-0.4, -0.2) is 40.1 Å². The minimum Gasteiger partial charge on any atom is -0.381 e. The van der Waals surface area contributed by atoms with Gasteiger partial charge < -0.3 is 15.4 Å². The molecule has 162 valence electrons. The third kappa shape index (κ3) is 5.67. The Kier molecular flexibility index (Phi) is 7.30. The second-order valence-electron chi connectivity index (χ2n) is 7.56. The van der Waals surface area contributed by atoms with Crippen LogP contribution >= 0.6 is 15.9 Å². The number of halogens is 1. The van der Waals surface area contributed by atoms with E-state index >= 15 is 0 Å². The highest BCUT2D eigenvalue weighted by Crippen LogP contribution is 2.35.